The van der Waals surface area contributed by atoms with Crippen LogP contribution in [0.2, 0.25) is 0 Å². The summed E-state index contributed by atoms with van der Waals surface area (Å²) in [6.45, 7) is 0. The van der Waals surface area contributed by atoms with Crippen molar-refractivity contribution in [3.05, 3.63) is 200 Å². The van der Waals surface area contributed by atoms with E-state index in [1.165, 1.54) is 66.6 Å². The fourth-order valence-corrected chi connectivity index (χ4v) is 7.36. The maximum Gasteiger partial charge on any atom is 0.0561 e. The van der Waals surface area contributed by atoms with Crippen LogP contribution in [0.5, 0.6) is 0 Å². The van der Waals surface area contributed by atoms with Gasteiger partial charge in [-0.05, 0) is 101 Å². The van der Waals surface area contributed by atoms with Crippen LogP contribution in [0.25, 0.3) is 60.9 Å². The molecule has 1 heterocycles. The quantitative estimate of drug-likeness (QED) is 0.168. The van der Waals surface area contributed by atoms with Gasteiger partial charge in [0.15, 0.2) is 0 Å². The summed E-state index contributed by atoms with van der Waals surface area (Å²) < 4.78 is 2.42. The Morgan fingerprint density at radius 3 is 1.60 bits per heavy atom. The van der Waals surface area contributed by atoms with Gasteiger partial charge in [-0.15, -0.1) is 0 Å². The van der Waals surface area contributed by atoms with Gasteiger partial charge < -0.3 is 9.47 Å². The van der Waals surface area contributed by atoms with Gasteiger partial charge in [-0.1, -0.05) is 140 Å². The summed E-state index contributed by atoms with van der Waals surface area (Å²) in [4.78, 5) is 2.41. The summed E-state index contributed by atoms with van der Waals surface area (Å²) >= 11 is 0. The molecule has 0 amide bonds. The molecule has 50 heavy (non-hydrogen) atoms. The predicted octanol–water partition coefficient (Wildman–Crippen LogP) is 13.2. The molecule has 1 aromatic heterocycles. The number of fused-ring (bicyclic) bond motifs is 3. The monoisotopic (exact) mass is 640 g/mol. The molecule has 2 heteroatoms. The summed E-state index contributed by atoms with van der Waals surface area (Å²) in [5.74, 6) is 0. The average Bonchev–Trinajstić information content (AvgIpc) is 3.53. The van der Waals surface area contributed by atoms with Gasteiger partial charge in [0.25, 0.3) is 0 Å². The molecule has 1 aliphatic rings. The van der Waals surface area contributed by atoms with Crippen molar-refractivity contribution in [1.82, 2.24) is 4.57 Å². The molecule has 0 radical (unpaired) electrons. The zero-order valence-corrected chi connectivity index (χ0v) is 27.8. The lowest BCUT2D eigenvalue weighted by Crippen LogP contribution is -2.17. The van der Waals surface area contributed by atoms with Crippen molar-refractivity contribution in [2.24, 2.45) is 0 Å². The van der Waals surface area contributed by atoms with Crippen LogP contribution >= 0.6 is 0 Å². The molecule has 1 aliphatic carbocycles. The van der Waals surface area contributed by atoms with Crippen molar-refractivity contribution in [1.29, 1.82) is 0 Å². The molecule has 9 rings (SSSR count). The molecule has 0 atom stereocenters. The topological polar surface area (TPSA) is 8.17 Å². The maximum atomic E-state index is 2.42. The first-order chi connectivity index (χ1) is 24.8. The second-order valence-electron chi connectivity index (χ2n) is 12.9. The predicted molar refractivity (Wildman–Crippen MR) is 212 cm³/mol. The number of rotatable bonds is 7. The molecule has 0 fully saturated rings. The van der Waals surface area contributed by atoms with Gasteiger partial charge >= 0.3 is 0 Å². The van der Waals surface area contributed by atoms with Crippen molar-refractivity contribution in [2.45, 2.75) is 12.8 Å². The van der Waals surface area contributed by atoms with Gasteiger partial charge in [-0.25, -0.2) is 0 Å². The van der Waals surface area contributed by atoms with E-state index in [4.69, 9.17) is 0 Å². The Labute approximate surface area is 293 Å². The molecule has 238 valence electrons. The lowest BCUT2D eigenvalue weighted by atomic mass is 9.97. The van der Waals surface area contributed by atoms with E-state index in [0.717, 1.165) is 24.2 Å². The molecule has 0 N–H and O–H groups in total. The Balaban J connectivity index is 1.12. The second kappa shape index (κ2) is 12.9. The van der Waals surface area contributed by atoms with Crippen LogP contribution in [0.1, 0.15) is 12.8 Å². The molecular formula is C48H36N2. The highest BCUT2D eigenvalue weighted by Crippen LogP contribution is 2.40. The van der Waals surface area contributed by atoms with Gasteiger partial charge in [-0.2, -0.15) is 0 Å². The number of aromatic nitrogens is 1. The van der Waals surface area contributed by atoms with Crippen molar-refractivity contribution >= 4 is 33.2 Å². The fraction of sp³-hybridized carbons (Fsp3) is 0.0417. The molecule has 0 saturated heterocycles. The van der Waals surface area contributed by atoms with Crippen molar-refractivity contribution in [3.8, 4) is 39.1 Å². The SMILES string of the molecule is C1=CCCC(N(c2ccccc2)c2ccc3c4cc(-c5ccc(-c6ccc(-c7ccccc7)cc6)cc5)ccc4n(-c4ccccc4)c3c2)=C1. The zero-order valence-electron chi connectivity index (χ0n) is 27.8. The van der Waals surface area contributed by atoms with Crippen molar-refractivity contribution in [2.75, 3.05) is 4.90 Å². The van der Waals surface area contributed by atoms with Gasteiger partial charge in [0.2, 0.25) is 0 Å². The fourth-order valence-electron chi connectivity index (χ4n) is 7.36. The number of anilines is 2. The first-order valence-electron chi connectivity index (χ1n) is 17.4. The normalized spacial score (nSPS) is 12.7. The highest BCUT2D eigenvalue weighted by molar-refractivity contribution is 6.11. The first kappa shape index (κ1) is 29.7. The van der Waals surface area contributed by atoms with E-state index in [1.54, 1.807) is 0 Å². The third-order valence-electron chi connectivity index (χ3n) is 9.86. The summed E-state index contributed by atoms with van der Waals surface area (Å²) in [7, 11) is 0. The molecule has 2 nitrogen and oxygen atoms in total. The lowest BCUT2D eigenvalue weighted by Gasteiger charge is -2.29. The van der Waals surface area contributed by atoms with E-state index in [0.29, 0.717) is 0 Å². The van der Waals surface area contributed by atoms with E-state index in [-0.39, 0.29) is 0 Å². The van der Waals surface area contributed by atoms with Gasteiger partial charge in [0, 0.05) is 33.5 Å². The third-order valence-corrected chi connectivity index (χ3v) is 9.86. The molecule has 0 aliphatic heterocycles. The van der Waals surface area contributed by atoms with Crippen LogP contribution in [-0.2, 0) is 0 Å². The zero-order chi connectivity index (χ0) is 33.3. The molecule has 0 unspecified atom stereocenters. The van der Waals surface area contributed by atoms with E-state index < -0.39 is 0 Å². The number of nitrogens with zero attached hydrogens (tertiary/aromatic N) is 2. The summed E-state index contributed by atoms with van der Waals surface area (Å²) in [6.07, 6.45) is 8.74. The Morgan fingerprint density at radius 1 is 0.420 bits per heavy atom. The van der Waals surface area contributed by atoms with Gasteiger partial charge in [-0.3, -0.25) is 0 Å². The minimum Gasteiger partial charge on any atom is -0.314 e. The Hall–Kier alpha value is -6.38. The van der Waals surface area contributed by atoms with Crippen LogP contribution in [0.15, 0.2) is 200 Å². The van der Waals surface area contributed by atoms with Crippen molar-refractivity contribution < 1.29 is 0 Å². The van der Waals surface area contributed by atoms with Crippen LogP contribution in [0.3, 0.4) is 0 Å². The number of allylic oxidation sites excluding steroid dienone is 4. The van der Waals surface area contributed by atoms with E-state index in [1.807, 2.05) is 0 Å². The number of para-hydroxylation sites is 2. The summed E-state index contributed by atoms with van der Waals surface area (Å²) in [5, 5.41) is 2.50. The van der Waals surface area contributed by atoms with Gasteiger partial charge in [0.05, 0.1) is 11.0 Å². The molecule has 0 spiro atoms. The van der Waals surface area contributed by atoms with Crippen LogP contribution in [0.4, 0.5) is 11.4 Å². The van der Waals surface area contributed by atoms with E-state index in [9.17, 15) is 0 Å². The smallest absolute Gasteiger partial charge is 0.0561 e. The first-order valence-corrected chi connectivity index (χ1v) is 17.4. The van der Waals surface area contributed by atoms with Crippen LogP contribution in [0, 0.1) is 0 Å². The Bertz CT molecular complexity index is 2490. The van der Waals surface area contributed by atoms with Crippen LogP contribution in [-0.4, -0.2) is 4.57 Å². The molecule has 0 saturated carbocycles. The number of hydrogen-bond acceptors (Lipinski definition) is 1. The Morgan fingerprint density at radius 2 is 0.980 bits per heavy atom. The van der Waals surface area contributed by atoms with E-state index >= 15 is 0 Å². The standard InChI is InChI=1S/C48H36N2/c1-5-13-35(14-6-1)36-21-23-37(24-22-36)38-25-27-39(28-26-38)40-29-32-47-46(33-40)45-31-30-44(34-48(45)50(47)43-19-11-4-12-20-43)49(41-15-7-2-8-16-41)42-17-9-3-10-18-42/h1-9,11-17,19-34H,10,18H2. The van der Waals surface area contributed by atoms with E-state index in [2.05, 4.69) is 204 Å². The third kappa shape index (κ3) is 5.51. The molecular weight excluding hydrogens is 605 g/mol. The summed E-state index contributed by atoms with van der Waals surface area (Å²) in [5.41, 5.74) is 14.5. The van der Waals surface area contributed by atoms with Crippen LogP contribution < -0.4 is 4.90 Å². The number of benzene rings is 7. The largest absolute Gasteiger partial charge is 0.314 e. The Kier molecular flexibility index (Phi) is 7.68. The molecule has 8 aromatic rings. The lowest BCUT2D eigenvalue weighted by molar-refractivity contribution is 0.918. The average molecular weight is 641 g/mol. The highest BCUT2D eigenvalue weighted by Gasteiger charge is 2.19. The minimum atomic E-state index is 1.01. The van der Waals surface area contributed by atoms with Crippen molar-refractivity contribution in [3.63, 3.8) is 0 Å². The minimum absolute atomic E-state index is 1.01. The second-order valence-corrected chi connectivity index (χ2v) is 12.9. The number of hydrogen-bond donors (Lipinski definition) is 0. The summed E-state index contributed by atoms with van der Waals surface area (Å²) in [6, 6.07) is 63.7. The molecule has 0 bridgehead atoms. The van der Waals surface area contributed by atoms with Gasteiger partial charge in [0.1, 0.15) is 0 Å². The maximum absolute atomic E-state index is 2.42. The highest BCUT2D eigenvalue weighted by atomic mass is 15.1. The molecule has 7 aromatic carbocycles.